The molecule has 1 aliphatic rings. The third-order valence-corrected chi connectivity index (χ3v) is 4.61. The van der Waals surface area contributed by atoms with E-state index >= 15 is 0 Å². The zero-order chi connectivity index (χ0) is 14.2. The van der Waals surface area contributed by atoms with Gasteiger partial charge in [-0.2, -0.15) is 0 Å². The van der Waals surface area contributed by atoms with Gasteiger partial charge in [0.05, 0.1) is 10.7 Å². The lowest BCUT2D eigenvalue weighted by atomic mass is 9.81. The van der Waals surface area contributed by atoms with E-state index < -0.39 is 0 Å². The Morgan fingerprint density at radius 3 is 2.45 bits per heavy atom. The number of anilines is 2. The van der Waals surface area contributed by atoms with Gasteiger partial charge in [-0.25, -0.2) is 0 Å². The molecule has 0 saturated carbocycles. The van der Waals surface area contributed by atoms with Gasteiger partial charge in [-0.3, -0.25) is 0 Å². The molecule has 0 fully saturated rings. The van der Waals surface area contributed by atoms with Crippen molar-refractivity contribution in [1.82, 2.24) is 0 Å². The van der Waals surface area contributed by atoms with Gasteiger partial charge in [-0.15, -0.1) is 6.58 Å². The average molecular weight is 279 g/mol. The first-order chi connectivity index (χ1) is 9.68. The van der Waals surface area contributed by atoms with E-state index in [-0.39, 0.29) is 5.41 Å². The zero-order valence-corrected chi connectivity index (χ0v) is 12.4. The highest BCUT2D eigenvalue weighted by Crippen LogP contribution is 2.47. The Labute approximate surface area is 125 Å². The first-order valence-electron chi connectivity index (χ1n) is 6.78. The molecule has 2 aromatic carbocycles. The van der Waals surface area contributed by atoms with Crippen LogP contribution in [-0.4, -0.2) is 4.99 Å². The van der Waals surface area contributed by atoms with Crippen molar-refractivity contribution in [2.75, 3.05) is 4.90 Å². The van der Waals surface area contributed by atoms with Crippen LogP contribution in [0, 0.1) is 0 Å². The number of benzene rings is 2. The maximum Gasteiger partial charge on any atom is 0.0978 e. The first-order valence-corrected chi connectivity index (χ1v) is 7.19. The molecule has 2 aromatic rings. The van der Waals surface area contributed by atoms with Crippen LogP contribution in [0.4, 0.5) is 11.4 Å². The molecule has 100 valence electrons. The summed E-state index contributed by atoms with van der Waals surface area (Å²) in [6.07, 6.45) is 2.81. The van der Waals surface area contributed by atoms with E-state index in [0.717, 1.165) is 17.1 Å². The summed E-state index contributed by atoms with van der Waals surface area (Å²) in [4.78, 5) is 3.14. The summed E-state index contributed by atoms with van der Waals surface area (Å²) in [5, 5.41) is 0. The summed E-state index contributed by atoms with van der Waals surface area (Å²) >= 11 is 5.81. The number of hydrogen-bond donors (Lipinski definition) is 0. The second-order valence-corrected chi connectivity index (χ2v) is 5.70. The zero-order valence-electron chi connectivity index (χ0n) is 11.5. The highest BCUT2D eigenvalue weighted by Gasteiger charge is 2.43. The molecule has 0 N–H and O–H groups in total. The van der Waals surface area contributed by atoms with Crippen molar-refractivity contribution in [3.63, 3.8) is 0 Å². The van der Waals surface area contributed by atoms with Crippen molar-refractivity contribution < 1.29 is 0 Å². The molecule has 1 unspecified atom stereocenters. The van der Waals surface area contributed by atoms with E-state index in [0.29, 0.717) is 0 Å². The Hall–Kier alpha value is -1.93. The molecule has 0 aromatic heterocycles. The average Bonchev–Trinajstić information content (AvgIpc) is 2.70. The maximum absolute atomic E-state index is 5.81. The number of nitrogens with zero attached hydrogens (tertiary/aromatic N) is 1. The van der Waals surface area contributed by atoms with Crippen LogP contribution in [0.5, 0.6) is 0 Å². The highest BCUT2D eigenvalue weighted by molar-refractivity contribution is 7.80. The number of rotatable bonds is 3. The lowest BCUT2D eigenvalue weighted by molar-refractivity contribution is 0.672. The van der Waals surface area contributed by atoms with Crippen LogP contribution in [0.3, 0.4) is 0 Å². The van der Waals surface area contributed by atoms with Gasteiger partial charge in [-0.1, -0.05) is 54.7 Å². The Morgan fingerprint density at radius 1 is 1.10 bits per heavy atom. The van der Waals surface area contributed by atoms with Crippen LogP contribution < -0.4 is 4.90 Å². The fourth-order valence-corrected chi connectivity index (χ4v) is 3.32. The van der Waals surface area contributed by atoms with Crippen LogP contribution in [-0.2, 0) is 5.41 Å². The third-order valence-electron chi connectivity index (χ3n) is 3.98. The van der Waals surface area contributed by atoms with Crippen LogP contribution in [0.1, 0.15) is 18.9 Å². The first kappa shape index (κ1) is 13.1. The van der Waals surface area contributed by atoms with Crippen molar-refractivity contribution in [2.24, 2.45) is 0 Å². The van der Waals surface area contributed by atoms with E-state index in [1.54, 1.807) is 0 Å². The number of thiocarbonyl (C=S) groups is 1. The van der Waals surface area contributed by atoms with Crippen molar-refractivity contribution in [2.45, 2.75) is 18.8 Å². The second kappa shape index (κ2) is 4.88. The monoisotopic (exact) mass is 279 g/mol. The minimum absolute atomic E-state index is 0.149. The van der Waals surface area contributed by atoms with E-state index in [1.165, 1.54) is 11.3 Å². The number of fused-ring (bicyclic) bond motifs is 1. The Kier molecular flexibility index (Phi) is 3.19. The van der Waals surface area contributed by atoms with Crippen molar-refractivity contribution in [1.29, 1.82) is 0 Å². The molecule has 1 aliphatic heterocycles. The smallest absolute Gasteiger partial charge is 0.0978 e. The van der Waals surface area contributed by atoms with Gasteiger partial charge < -0.3 is 4.90 Å². The molecule has 0 aliphatic carbocycles. The van der Waals surface area contributed by atoms with E-state index in [2.05, 4.69) is 54.8 Å². The van der Waals surface area contributed by atoms with Gasteiger partial charge in [0.15, 0.2) is 0 Å². The molecule has 0 amide bonds. The number of para-hydroxylation sites is 2. The molecule has 0 bridgehead atoms. The third kappa shape index (κ3) is 1.80. The van der Waals surface area contributed by atoms with Crippen LogP contribution >= 0.6 is 12.2 Å². The summed E-state index contributed by atoms with van der Waals surface area (Å²) in [5.74, 6) is 0. The summed E-state index contributed by atoms with van der Waals surface area (Å²) in [5.41, 5.74) is 3.45. The maximum atomic E-state index is 5.81. The molecular weight excluding hydrogens is 262 g/mol. The lowest BCUT2D eigenvalue weighted by Gasteiger charge is -2.26. The molecule has 1 nitrogen and oxygen atoms in total. The summed E-state index contributed by atoms with van der Waals surface area (Å²) in [6.45, 7) is 6.10. The predicted octanol–water partition coefficient (Wildman–Crippen LogP) is 5.00. The summed E-state index contributed by atoms with van der Waals surface area (Å²) < 4.78 is 0. The van der Waals surface area contributed by atoms with Crippen LogP contribution in [0.15, 0.2) is 67.3 Å². The summed E-state index contributed by atoms with van der Waals surface area (Å²) in [6, 6.07) is 18.8. The van der Waals surface area contributed by atoms with Gasteiger partial charge >= 0.3 is 0 Å². The highest BCUT2D eigenvalue weighted by atomic mass is 32.1. The Morgan fingerprint density at radius 2 is 1.75 bits per heavy atom. The van der Waals surface area contributed by atoms with Gasteiger partial charge in [-0.05, 0) is 37.1 Å². The number of hydrogen-bond acceptors (Lipinski definition) is 1. The summed E-state index contributed by atoms with van der Waals surface area (Å²) in [7, 11) is 0. The molecule has 1 atom stereocenters. The largest absolute Gasteiger partial charge is 0.304 e. The van der Waals surface area contributed by atoms with E-state index in [9.17, 15) is 0 Å². The fourth-order valence-electron chi connectivity index (χ4n) is 2.93. The topological polar surface area (TPSA) is 3.24 Å². The van der Waals surface area contributed by atoms with Crippen molar-refractivity contribution in [3.05, 3.63) is 72.8 Å². The molecule has 0 spiro atoms. The van der Waals surface area contributed by atoms with Crippen LogP contribution in [0.25, 0.3) is 0 Å². The van der Waals surface area contributed by atoms with Gasteiger partial charge in [0.2, 0.25) is 0 Å². The van der Waals surface area contributed by atoms with Gasteiger partial charge in [0, 0.05) is 11.1 Å². The molecule has 3 rings (SSSR count). The van der Waals surface area contributed by atoms with E-state index in [1.807, 2.05) is 24.3 Å². The minimum atomic E-state index is -0.149. The Balaban J connectivity index is 2.19. The predicted molar refractivity (Wildman–Crippen MR) is 89.8 cm³/mol. The van der Waals surface area contributed by atoms with Gasteiger partial charge in [0.1, 0.15) is 0 Å². The van der Waals surface area contributed by atoms with E-state index in [4.69, 9.17) is 12.2 Å². The Bertz CT molecular complexity index is 662. The lowest BCUT2D eigenvalue weighted by Crippen LogP contribution is -2.33. The SMILES string of the molecule is C=CCC1(C)C(=S)N(c2ccccc2)c2ccccc21. The standard InChI is InChI=1S/C18H17NS/c1-3-13-18(2)15-11-7-8-12-16(15)19(17(18)20)14-9-5-4-6-10-14/h3-12H,1,13H2,2H3. The fraction of sp³-hybridized carbons (Fsp3) is 0.167. The molecule has 1 heterocycles. The van der Waals surface area contributed by atoms with Gasteiger partial charge in [0.25, 0.3) is 0 Å². The van der Waals surface area contributed by atoms with Crippen LogP contribution in [0.2, 0.25) is 0 Å². The normalized spacial score (nSPS) is 20.9. The minimum Gasteiger partial charge on any atom is -0.304 e. The van der Waals surface area contributed by atoms with Crippen molar-refractivity contribution in [3.8, 4) is 0 Å². The quantitative estimate of drug-likeness (QED) is 0.574. The second-order valence-electron chi connectivity index (χ2n) is 5.32. The molecule has 0 saturated heterocycles. The molecular formula is C18H17NS. The molecule has 20 heavy (non-hydrogen) atoms. The van der Waals surface area contributed by atoms with Crippen molar-refractivity contribution >= 4 is 28.6 Å². The number of allylic oxidation sites excluding steroid dienone is 1. The molecule has 2 heteroatoms. The molecule has 0 radical (unpaired) electrons.